The lowest BCUT2D eigenvalue weighted by Crippen LogP contribution is -2.22. The lowest BCUT2D eigenvalue weighted by molar-refractivity contribution is 0.121. The number of halogens is 2. The molecule has 2 aromatic heterocycles. The Morgan fingerprint density at radius 2 is 2.00 bits per heavy atom. The first-order valence-corrected chi connectivity index (χ1v) is 10.0. The van der Waals surface area contributed by atoms with E-state index in [-0.39, 0.29) is 17.7 Å². The van der Waals surface area contributed by atoms with E-state index < -0.39 is 6.43 Å². The molecule has 8 heteroatoms. The number of nitrogens with one attached hydrogen (secondary N) is 1. The highest BCUT2D eigenvalue weighted by molar-refractivity contribution is 5.92. The minimum absolute atomic E-state index is 0.00619. The number of benzene rings is 1. The van der Waals surface area contributed by atoms with Crippen LogP contribution in [0.1, 0.15) is 42.6 Å². The predicted molar refractivity (Wildman–Crippen MR) is 113 cm³/mol. The van der Waals surface area contributed by atoms with Gasteiger partial charge in [0.05, 0.1) is 35.2 Å². The van der Waals surface area contributed by atoms with Crippen LogP contribution in [-0.4, -0.2) is 41.5 Å². The van der Waals surface area contributed by atoms with E-state index in [9.17, 15) is 8.78 Å². The van der Waals surface area contributed by atoms with Gasteiger partial charge in [-0.3, -0.25) is 4.98 Å². The molecule has 6 nitrogen and oxygen atoms in total. The number of hydrogen-bond donors (Lipinski definition) is 1. The van der Waals surface area contributed by atoms with Crippen LogP contribution >= 0.6 is 0 Å². The first kappa shape index (κ1) is 20.4. The summed E-state index contributed by atoms with van der Waals surface area (Å²) in [5, 5.41) is 12.7. The van der Waals surface area contributed by atoms with E-state index in [1.165, 1.54) is 12.1 Å². The number of fused-ring (bicyclic) bond motifs is 1. The molecule has 30 heavy (non-hydrogen) atoms. The van der Waals surface area contributed by atoms with E-state index in [1.807, 2.05) is 26.1 Å². The van der Waals surface area contributed by atoms with Gasteiger partial charge in [0.1, 0.15) is 0 Å². The van der Waals surface area contributed by atoms with Gasteiger partial charge in [-0.15, -0.1) is 5.10 Å². The number of ether oxygens (including phenoxy) is 1. The standard InChI is InChI=1S/C22H25F2N5O/c1-13(15-5-4-6-16(9-15)21(23)24)26-22-19-10-17(29-8-7-18(12-29)30-3)11-25-20(19)14(2)27-28-22/h4-6,9-11,13,18,21H,7-8,12H2,1-3H3,(H,26,28)/t13-,18?/m1/s1. The Bertz CT molecular complexity index is 1050. The van der Waals surface area contributed by atoms with Crippen LogP contribution in [0.15, 0.2) is 36.5 Å². The van der Waals surface area contributed by atoms with E-state index in [0.29, 0.717) is 5.82 Å². The summed E-state index contributed by atoms with van der Waals surface area (Å²) in [5.74, 6) is 0.586. The van der Waals surface area contributed by atoms with Crippen molar-refractivity contribution in [3.63, 3.8) is 0 Å². The minimum Gasteiger partial charge on any atom is -0.380 e. The molecular formula is C22H25F2N5O. The number of hydrogen-bond acceptors (Lipinski definition) is 6. The number of alkyl halides is 2. The van der Waals surface area contributed by atoms with Crippen LogP contribution in [0, 0.1) is 6.92 Å². The van der Waals surface area contributed by atoms with E-state index in [4.69, 9.17) is 4.74 Å². The monoisotopic (exact) mass is 413 g/mol. The molecule has 0 bridgehead atoms. The molecule has 1 aliphatic heterocycles. The summed E-state index contributed by atoms with van der Waals surface area (Å²) in [4.78, 5) is 6.88. The van der Waals surface area contributed by atoms with Gasteiger partial charge in [-0.1, -0.05) is 18.2 Å². The molecule has 1 unspecified atom stereocenters. The average Bonchev–Trinajstić information content (AvgIpc) is 3.25. The van der Waals surface area contributed by atoms with Gasteiger partial charge in [0, 0.05) is 31.1 Å². The van der Waals surface area contributed by atoms with Gasteiger partial charge in [-0.05, 0) is 38.0 Å². The molecule has 0 saturated carbocycles. The number of anilines is 2. The number of pyridine rings is 1. The Morgan fingerprint density at radius 1 is 1.20 bits per heavy atom. The molecule has 4 rings (SSSR count). The second-order valence-corrected chi connectivity index (χ2v) is 7.65. The molecule has 2 atom stereocenters. The number of aromatic nitrogens is 3. The van der Waals surface area contributed by atoms with Gasteiger partial charge in [0.15, 0.2) is 5.82 Å². The summed E-state index contributed by atoms with van der Waals surface area (Å²) in [6.07, 6.45) is 0.553. The van der Waals surface area contributed by atoms with Crippen molar-refractivity contribution in [3.05, 3.63) is 53.3 Å². The summed E-state index contributed by atoms with van der Waals surface area (Å²) >= 11 is 0. The average molecular weight is 413 g/mol. The largest absolute Gasteiger partial charge is 0.380 e. The Morgan fingerprint density at radius 3 is 2.73 bits per heavy atom. The van der Waals surface area contributed by atoms with Gasteiger partial charge in [0.2, 0.25) is 0 Å². The number of aryl methyl sites for hydroxylation is 1. The number of methoxy groups -OCH3 is 1. The summed E-state index contributed by atoms with van der Waals surface area (Å²) in [7, 11) is 1.73. The Labute approximate surface area is 174 Å². The van der Waals surface area contributed by atoms with Crippen molar-refractivity contribution in [1.29, 1.82) is 0 Å². The van der Waals surface area contributed by atoms with Crippen LogP contribution < -0.4 is 10.2 Å². The maximum atomic E-state index is 13.1. The highest BCUT2D eigenvalue weighted by atomic mass is 19.3. The van der Waals surface area contributed by atoms with Crippen molar-refractivity contribution in [3.8, 4) is 0 Å². The second-order valence-electron chi connectivity index (χ2n) is 7.65. The van der Waals surface area contributed by atoms with Crippen molar-refractivity contribution in [1.82, 2.24) is 15.2 Å². The summed E-state index contributed by atoms with van der Waals surface area (Å²) in [6.45, 7) is 5.51. The fourth-order valence-electron chi connectivity index (χ4n) is 3.84. The van der Waals surface area contributed by atoms with Crippen LogP contribution in [0.4, 0.5) is 20.3 Å². The van der Waals surface area contributed by atoms with Crippen molar-refractivity contribution >= 4 is 22.4 Å². The van der Waals surface area contributed by atoms with Gasteiger partial charge >= 0.3 is 0 Å². The Hall–Kier alpha value is -2.87. The third-order valence-electron chi connectivity index (χ3n) is 5.63. The summed E-state index contributed by atoms with van der Waals surface area (Å²) in [6, 6.07) is 8.26. The van der Waals surface area contributed by atoms with Crippen molar-refractivity contribution in [2.45, 2.75) is 38.8 Å². The van der Waals surface area contributed by atoms with Crippen LogP contribution in [0.2, 0.25) is 0 Å². The SMILES string of the molecule is COC1CCN(c2cnc3c(C)nnc(N[C@H](C)c4cccc(C(F)F)c4)c3c2)C1. The molecule has 158 valence electrons. The van der Waals surface area contributed by atoms with Crippen molar-refractivity contribution in [2.75, 3.05) is 30.4 Å². The van der Waals surface area contributed by atoms with Gasteiger partial charge in [0.25, 0.3) is 6.43 Å². The second kappa shape index (κ2) is 8.47. The molecular weight excluding hydrogens is 388 g/mol. The van der Waals surface area contributed by atoms with Crippen LogP contribution in [-0.2, 0) is 4.74 Å². The van der Waals surface area contributed by atoms with E-state index >= 15 is 0 Å². The lowest BCUT2D eigenvalue weighted by Gasteiger charge is -2.20. The normalized spacial score (nSPS) is 17.7. The molecule has 1 saturated heterocycles. The first-order chi connectivity index (χ1) is 14.5. The highest BCUT2D eigenvalue weighted by Gasteiger charge is 2.23. The van der Waals surface area contributed by atoms with Crippen LogP contribution in [0.3, 0.4) is 0 Å². The van der Waals surface area contributed by atoms with E-state index in [0.717, 1.165) is 47.4 Å². The molecule has 3 aromatic rings. The maximum absolute atomic E-state index is 13.1. The molecule has 0 aliphatic carbocycles. The zero-order valence-electron chi connectivity index (χ0n) is 17.3. The fraction of sp³-hybridized carbons (Fsp3) is 0.409. The van der Waals surface area contributed by atoms with Gasteiger partial charge in [-0.25, -0.2) is 8.78 Å². The van der Waals surface area contributed by atoms with Crippen LogP contribution in [0.25, 0.3) is 10.9 Å². The number of rotatable bonds is 6. The first-order valence-electron chi connectivity index (χ1n) is 10.0. The number of nitrogens with zero attached hydrogens (tertiary/aromatic N) is 4. The summed E-state index contributed by atoms with van der Waals surface area (Å²) < 4.78 is 31.6. The van der Waals surface area contributed by atoms with Crippen molar-refractivity contribution < 1.29 is 13.5 Å². The van der Waals surface area contributed by atoms with E-state index in [2.05, 4.69) is 31.5 Å². The predicted octanol–water partition coefficient (Wildman–Crippen LogP) is 4.67. The molecule has 1 N–H and O–H groups in total. The molecule has 1 aromatic carbocycles. The quantitative estimate of drug-likeness (QED) is 0.634. The Kier molecular flexibility index (Phi) is 5.76. The smallest absolute Gasteiger partial charge is 0.263 e. The lowest BCUT2D eigenvalue weighted by atomic mass is 10.0. The van der Waals surface area contributed by atoms with Gasteiger partial charge < -0.3 is 15.0 Å². The molecule has 0 amide bonds. The molecule has 1 fully saturated rings. The topological polar surface area (TPSA) is 63.2 Å². The molecule has 3 heterocycles. The third-order valence-corrected chi connectivity index (χ3v) is 5.63. The fourth-order valence-corrected chi connectivity index (χ4v) is 3.84. The maximum Gasteiger partial charge on any atom is 0.263 e. The Balaban J connectivity index is 1.65. The zero-order valence-corrected chi connectivity index (χ0v) is 17.3. The molecule has 1 aliphatic rings. The molecule has 0 spiro atoms. The summed E-state index contributed by atoms with van der Waals surface area (Å²) in [5.41, 5.74) is 3.28. The highest BCUT2D eigenvalue weighted by Crippen LogP contribution is 2.31. The minimum atomic E-state index is -2.50. The van der Waals surface area contributed by atoms with Crippen molar-refractivity contribution in [2.24, 2.45) is 0 Å². The molecule has 0 radical (unpaired) electrons. The zero-order chi connectivity index (χ0) is 21.3. The van der Waals surface area contributed by atoms with Crippen LogP contribution in [0.5, 0.6) is 0 Å². The third kappa shape index (κ3) is 4.05. The van der Waals surface area contributed by atoms with E-state index in [1.54, 1.807) is 13.2 Å². The van der Waals surface area contributed by atoms with Gasteiger partial charge in [-0.2, -0.15) is 5.10 Å².